The summed E-state index contributed by atoms with van der Waals surface area (Å²) in [7, 11) is 0. The molecule has 1 N–H and O–H groups in total. The fourth-order valence-electron chi connectivity index (χ4n) is 2.88. The molecule has 0 fully saturated rings. The number of hydrazine groups is 1. The summed E-state index contributed by atoms with van der Waals surface area (Å²) in [5, 5.41) is 12.0. The van der Waals surface area contributed by atoms with Gasteiger partial charge in [0.2, 0.25) is 0 Å². The number of ether oxygens (including phenoxy) is 2. The Morgan fingerprint density at radius 1 is 0.912 bits per heavy atom. The van der Waals surface area contributed by atoms with Crippen molar-refractivity contribution in [3.8, 4) is 0 Å². The first kappa shape index (κ1) is 27.7. The van der Waals surface area contributed by atoms with E-state index in [0.717, 1.165) is 39.4 Å². The van der Waals surface area contributed by atoms with Crippen molar-refractivity contribution in [2.24, 2.45) is 0 Å². The van der Waals surface area contributed by atoms with Crippen LogP contribution in [0.15, 0.2) is 48.5 Å². The third kappa shape index (κ3) is 9.72. The van der Waals surface area contributed by atoms with Crippen molar-refractivity contribution < 1.29 is 24.3 Å². The van der Waals surface area contributed by atoms with Crippen LogP contribution >= 0.6 is 12.1 Å². The Morgan fingerprint density at radius 2 is 1.41 bits per heavy atom. The number of carbonyl (C=O) groups excluding carboxylic acids is 2. The molecule has 2 aromatic rings. The largest absolute Gasteiger partial charge is 0.465 e. The monoisotopic (exact) mass is 489 g/mol. The normalized spacial score (nSPS) is 11.6. The van der Waals surface area contributed by atoms with Gasteiger partial charge in [-0.25, -0.2) is 14.1 Å². The number of aryl methyl sites for hydroxylation is 2. The second-order valence-electron chi connectivity index (χ2n) is 8.95. The molecule has 0 aromatic heterocycles. The summed E-state index contributed by atoms with van der Waals surface area (Å²) >= 11 is 0.829. The highest BCUT2D eigenvalue weighted by Gasteiger charge is 2.29. The van der Waals surface area contributed by atoms with E-state index in [1.807, 2.05) is 62.4 Å². The smallest absolute Gasteiger partial charge is 0.427 e. The van der Waals surface area contributed by atoms with Gasteiger partial charge in [-0.15, -0.1) is 0 Å². The van der Waals surface area contributed by atoms with Crippen molar-refractivity contribution in [2.75, 3.05) is 13.2 Å². The Hall–Kier alpha value is -2.59. The molecule has 0 heterocycles. The molecule has 1 amide bonds. The van der Waals surface area contributed by atoms with E-state index >= 15 is 0 Å². The van der Waals surface area contributed by atoms with E-state index in [0.29, 0.717) is 11.1 Å². The van der Waals surface area contributed by atoms with Gasteiger partial charge in [0.1, 0.15) is 12.1 Å². The van der Waals surface area contributed by atoms with E-state index in [1.54, 1.807) is 32.0 Å². The minimum atomic E-state index is -0.749. The molecule has 0 aliphatic heterocycles. The average molecular weight is 490 g/mol. The van der Waals surface area contributed by atoms with Crippen molar-refractivity contribution in [3.63, 3.8) is 0 Å². The lowest BCUT2D eigenvalue weighted by Gasteiger charge is -2.33. The maximum absolute atomic E-state index is 13.0. The number of rotatable bonds is 10. The number of amides is 1. The van der Waals surface area contributed by atoms with Crippen LogP contribution in [0.4, 0.5) is 4.79 Å². The van der Waals surface area contributed by atoms with Crippen LogP contribution in [0, 0.1) is 13.8 Å². The summed E-state index contributed by atoms with van der Waals surface area (Å²) in [6, 6.07) is 15.5. The third-order valence-electron chi connectivity index (χ3n) is 4.54. The molecule has 2 rings (SSSR count). The van der Waals surface area contributed by atoms with Crippen molar-refractivity contribution in [1.82, 2.24) is 13.9 Å². The lowest BCUT2D eigenvalue weighted by atomic mass is 10.1. The zero-order valence-electron chi connectivity index (χ0n) is 20.8. The topological polar surface area (TPSA) is 82.6 Å². The van der Waals surface area contributed by atoms with Gasteiger partial charge < -0.3 is 9.47 Å². The van der Waals surface area contributed by atoms with E-state index in [9.17, 15) is 14.8 Å². The maximum Gasteiger partial charge on any atom is 0.427 e. The van der Waals surface area contributed by atoms with Crippen LogP contribution in [-0.2, 0) is 27.4 Å². The molecular formula is C25H35N3O5S. The predicted octanol–water partition coefficient (Wildman–Crippen LogP) is 5.28. The number of esters is 1. The van der Waals surface area contributed by atoms with Crippen LogP contribution in [0.2, 0.25) is 0 Å². The van der Waals surface area contributed by atoms with Crippen LogP contribution in [-0.4, -0.2) is 49.9 Å². The number of hydrogen-bond acceptors (Lipinski definition) is 8. The van der Waals surface area contributed by atoms with Gasteiger partial charge in [-0.05, 0) is 57.2 Å². The number of nitrogens with zero attached hydrogens (tertiary/aromatic N) is 3. The first-order valence-corrected chi connectivity index (χ1v) is 11.9. The minimum Gasteiger partial charge on any atom is -0.465 e. The zero-order chi connectivity index (χ0) is 25.3. The molecule has 34 heavy (non-hydrogen) atoms. The second-order valence-corrected chi connectivity index (χ2v) is 9.95. The Morgan fingerprint density at radius 3 is 1.88 bits per heavy atom. The highest BCUT2D eigenvalue weighted by molar-refractivity contribution is 7.94. The number of hydrogen-bond donors (Lipinski definition) is 1. The van der Waals surface area contributed by atoms with Gasteiger partial charge in [0.05, 0.1) is 25.3 Å². The Labute approximate surface area is 206 Å². The van der Waals surface area contributed by atoms with Crippen LogP contribution in [0.1, 0.15) is 49.9 Å². The summed E-state index contributed by atoms with van der Waals surface area (Å²) in [5.74, 6) is -0.433. The SMILES string of the molecule is CCOC(=O)CN(Cc1ccc(C)cc1)SN(O)N(Cc1ccc(C)cc1)C(=O)OC(C)(C)C. The quantitative estimate of drug-likeness (QED) is 0.274. The molecule has 0 atom stereocenters. The van der Waals surface area contributed by atoms with Crippen molar-refractivity contribution >= 4 is 24.2 Å². The number of carbonyl (C=O) groups is 2. The fraction of sp³-hybridized carbons (Fsp3) is 0.440. The predicted molar refractivity (Wildman–Crippen MR) is 132 cm³/mol. The molecular weight excluding hydrogens is 454 g/mol. The average Bonchev–Trinajstić information content (AvgIpc) is 2.73. The Kier molecular flexibility index (Phi) is 10.4. The molecule has 0 spiro atoms. The first-order valence-electron chi connectivity index (χ1n) is 11.2. The zero-order valence-corrected chi connectivity index (χ0v) is 21.6. The van der Waals surface area contributed by atoms with Crippen molar-refractivity contribution in [3.05, 3.63) is 70.8 Å². The molecule has 0 saturated heterocycles. The standard InChI is InChI=1S/C25H35N3O5S/c1-7-32-23(29)18-26(16-21-12-8-19(2)9-13-21)34-28(31)27(24(30)33-25(4,5)6)17-22-14-10-20(3)11-15-22/h8-15,31H,7,16-18H2,1-6H3. The highest BCUT2D eigenvalue weighted by atomic mass is 32.2. The van der Waals surface area contributed by atoms with E-state index in [-0.39, 0.29) is 19.7 Å². The second kappa shape index (κ2) is 12.8. The summed E-state index contributed by atoms with van der Waals surface area (Å²) in [6.07, 6.45) is -0.713. The van der Waals surface area contributed by atoms with Crippen LogP contribution in [0.3, 0.4) is 0 Å². The lowest BCUT2D eigenvalue weighted by Crippen LogP contribution is -2.45. The molecule has 0 bridgehead atoms. The summed E-state index contributed by atoms with van der Waals surface area (Å²) in [5.41, 5.74) is 3.21. The Bertz CT molecular complexity index is 929. The molecule has 8 nitrogen and oxygen atoms in total. The molecule has 186 valence electrons. The maximum atomic E-state index is 13.0. The van der Waals surface area contributed by atoms with E-state index in [4.69, 9.17) is 9.47 Å². The lowest BCUT2D eigenvalue weighted by molar-refractivity contribution is -0.156. The van der Waals surface area contributed by atoms with Gasteiger partial charge in [-0.2, -0.15) is 0 Å². The van der Waals surface area contributed by atoms with Crippen LogP contribution < -0.4 is 0 Å². The van der Waals surface area contributed by atoms with Gasteiger partial charge in [-0.1, -0.05) is 59.7 Å². The molecule has 0 unspecified atom stereocenters. The minimum absolute atomic E-state index is 0.0798. The van der Waals surface area contributed by atoms with Gasteiger partial charge in [0.25, 0.3) is 0 Å². The summed E-state index contributed by atoms with van der Waals surface area (Å²) in [6.45, 7) is 11.6. The van der Waals surface area contributed by atoms with E-state index in [2.05, 4.69) is 0 Å². The highest BCUT2D eigenvalue weighted by Crippen LogP contribution is 2.24. The molecule has 0 radical (unpaired) electrons. The van der Waals surface area contributed by atoms with Crippen LogP contribution in [0.5, 0.6) is 0 Å². The molecule has 0 saturated carbocycles. The fourth-order valence-corrected chi connectivity index (χ4v) is 3.67. The Balaban J connectivity index is 2.24. The van der Waals surface area contributed by atoms with Crippen molar-refractivity contribution in [1.29, 1.82) is 0 Å². The van der Waals surface area contributed by atoms with E-state index < -0.39 is 17.7 Å². The van der Waals surface area contributed by atoms with Gasteiger partial charge in [0.15, 0.2) is 0 Å². The molecule has 2 aromatic carbocycles. The molecule has 9 heteroatoms. The van der Waals surface area contributed by atoms with E-state index in [1.165, 1.54) is 0 Å². The molecule has 0 aliphatic rings. The van der Waals surface area contributed by atoms with Crippen molar-refractivity contribution in [2.45, 2.75) is 60.2 Å². The van der Waals surface area contributed by atoms with Gasteiger partial charge in [0, 0.05) is 6.54 Å². The summed E-state index contributed by atoms with van der Waals surface area (Å²) in [4.78, 5) is 25.2. The molecule has 0 aliphatic carbocycles. The van der Waals surface area contributed by atoms with Gasteiger partial charge >= 0.3 is 12.1 Å². The van der Waals surface area contributed by atoms with Gasteiger partial charge in [-0.3, -0.25) is 10.0 Å². The van der Waals surface area contributed by atoms with Crippen LogP contribution in [0.25, 0.3) is 0 Å². The first-order chi connectivity index (χ1) is 16.0. The summed E-state index contributed by atoms with van der Waals surface area (Å²) < 4.78 is 12.9. The number of benzene rings is 2. The third-order valence-corrected chi connectivity index (χ3v) is 5.37.